The van der Waals surface area contributed by atoms with E-state index in [4.69, 9.17) is 16.7 Å². The molecule has 0 aliphatic carbocycles. The van der Waals surface area contributed by atoms with Crippen molar-refractivity contribution >= 4 is 45.1 Å². The van der Waals surface area contributed by atoms with Crippen LogP contribution in [0.2, 0.25) is 5.02 Å². The van der Waals surface area contributed by atoms with Gasteiger partial charge < -0.3 is 10.4 Å². The van der Waals surface area contributed by atoms with Crippen molar-refractivity contribution in [2.24, 2.45) is 11.3 Å². The van der Waals surface area contributed by atoms with Crippen molar-refractivity contribution in [3.8, 4) is 0 Å². The van der Waals surface area contributed by atoms with Crippen molar-refractivity contribution in [3.63, 3.8) is 0 Å². The molecule has 0 saturated carbocycles. The van der Waals surface area contributed by atoms with Crippen molar-refractivity contribution in [3.05, 3.63) is 27.7 Å². The van der Waals surface area contributed by atoms with Crippen LogP contribution >= 0.6 is 27.5 Å². The fourth-order valence-electron chi connectivity index (χ4n) is 1.66. The normalized spacial score (nSPS) is 12.9. The minimum Gasteiger partial charge on any atom is -0.481 e. The highest BCUT2D eigenvalue weighted by Gasteiger charge is 2.37. The first-order valence-corrected chi connectivity index (χ1v) is 6.78. The van der Waals surface area contributed by atoms with Crippen LogP contribution in [0, 0.1) is 11.3 Å². The minimum absolute atomic E-state index is 0.497. The van der Waals surface area contributed by atoms with Crippen molar-refractivity contribution in [2.45, 2.75) is 20.8 Å². The lowest BCUT2D eigenvalue weighted by atomic mass is 9.80. The number of carboxylic acid groups (broad SMARTS) is 1. The molecule has 0 bridgehead atoms. The van der Waals surface area contributed by atoms with Gasteiger partial charge in [-0.05, 0) is 39.5 Å². The molecule has 104 valence electrons. The average molecular weight is 349 g/mol. The van der Waals surface area contributed by atoms with Crippen LogP contribution in [0.25, 0.3) is 0 Å². The lowest BCUT2D eigenvalue weighted by Gasteiger charge is -2.25. The fraction of sp³-hybridized carbons (Fsp3) is 0.385. The summed E-state index contributed by atoms with van der Waals surface area (Å²) in [4.78, 5) is 23.3. The summed E-state index contributed by atoms with van der Waals surface area (Å²) < 4.78 is 0.634. The summed E-state index contributed by atoms with van der Waals surface area (Å²) in [5, 5.41) is 12.3. The number of hydrogen-bond acceptors (Lipinski definition) is 2. The van der Waals surface area contributed by atoms with E-state index in [9.17, 15) is 9.59 Å². The summed E-state index contributed by atoms with van der Waals surface area (Å²) in [6, 6.07) is 4.86. The Hall–Kier alpha value is -1.07. The molecule has 0 aliphatic heterocycles. The zero-order valence-corrected chi connectivity index (χ0v) is 13.2. The number of nitrogens with one attached hydrogen (secondary N) is 1. The number of hydrogen-bond donors (Lipinski definition) is 2. The smallest absolute Gasteiger partial charge is 0.316 e. The fourth-order valence-corrected chi connectivity index (χ4v) is 2.16. The number of carbonyl (C=O) groups is 2. The van der Waals surface area contributed by atoms with Gasteiger partial charge in [0, 0.05) is 10.2 Å². The Balaban J connectivity index is 2.94. The molecule has 0 heterocycles. The number of amides is 1. The number of carboxylic acids is 1. The summed E-state index contributed by atoms with van der Waals surface area (Å²) in [5.74, 6) is -2.81. The lowest BCUT2D eigenvalue weighted by molar-refractivity contribution is -0.149. The molecule has 1 amide bonds. The summed E-state index contributed by atoms with van der Waals surface area (Å²) in [6.07, 6.45) is 0. The Morgan fingerprint density at radius 1 is 1.37 bits per heavy atom. The van der Waals surface area contributed by atoms with E-state index in [1.807, 2.05) is 0 Å². The van der Waals surface area contributed by atoms with E-state index in [1.165, 1.54) is 0 Å². The first kappa shape index (κ1) is 16.0. The molecule has 0 radical (unpaired) electrons. The van der Waals surface area contributed by atoms with Gasteiger partial charge in [0.1, 0.15) is 5.92 Å². The van der Waals surface area contributed by atoms with Gasteiger partial charge in [-0.3, -0.25) is 9.59 Å². The first-order valence-electron chi connectivity index (χ1n) is 5.61. The van der Waals surface area contributed by atoms with Gasteiger partial charge in [0.05, 0.1) is 5.02 Å². The molecule has 1 unspecified atom stereocenters. The maximum atomic E-state index is 12.1. The van der Waals surface area contributed by atoms with Crippen LogP contribution in [-0.2, 0) is 9.59 Å². The van der Waals surface area contributed by atoms with Gasteiger partial charge >= 0.3 is 5.97 Å². The number of carbonyl (C=O) groups excluding carboxylic acids is 1. The Morgan fingerprint density at radius 3 is 2.37 bits per heavy atom. The Labute approximate surface area is 125 Å². The van der Waals surface area contributed by atoms with E-state index in [1.54, 1.807) is 39.0 Å². The second-order valence-electron chi connectivity index (χ2n) is 5.26. The van der Waals surface area contributed by atoms with Gasteiger partial charge in [0.25, 0.3) is 0 Å². The molecule has 0 aromatic heterocycles. The number of halogens is 2. The zero-order chi connectivity index (χ0) is 14.8. The topological polar surface area (TPSA) is 66.4 Å². The highest BCUT2D eigenvalue weighted by Crippen LogP contribution is 2.29. The third-order valence-corrected chi connectivity index (χ3v) is 3.78. The number of aliphatic carboxylic acids is 1. The molecular weight excluding hydrogens is 334 g/mol. The van der Waals surface area contributed by atoms with Gasteiger partial charge in [-0.15, -0.1) is 0 Å². The van der Waals surface area contributed by atoms with Gasteiger partial charge in [0.2, 0.25) is 5.91 Å². The molecule has 1 rings (SSSR count). The van der Waals surface area contributed by atoms with Crippen molar-refractivity contribution < 1.29 is 14.7 Å². The number of benzene rings is 1. The molecule has 4 nitrogen and oxygen atoms in total. The van der Waals surface area contributed by atoms with Crippen molar-refractivity contribution in [1.82, 2.24) is 0 Å². The largest absolute Gasteiger partial charge is 0.481 e. The van der Waals surface area contributed by atoms with Crippen LogP contribution in [-0.4, -0.2) is 17.0 Å². The second-order valence-corrected chi connectivity index (χ2v) is 6.52. The molecule has 6 heteroatoms. The van der Waals surface area contributed by atoms with Crippen LogP contribution in [0.4, 0.5) is 5.69 Å². The Bertz CT molecular complexity index is 511. The number of anilines is 1. The van der Waals surface area contributed by atoms with Gasteiger partial charge in [-0.2, -0.15) is 0 Å². The van der Waals surface area contributed by atoms with E-state index in [0.717, 1.165) is 0 Å². The predicted octanol–water partition coefficient (Wildman–Crippen LogP) is 3.79. The van der Waals surface area contributed by atoms with Gasteiger partial charge in [-0.1, -0.05) is 32.4 Å². The molecule has 1 atom stereocenters. The predicted molar refractivity (Wildman–Crippen MR) is 78.4 cm³/mol. The van der Waals surface area contributed by atoms with Crippen LogP contribution < -0.4 is 5.32 Å². The second kappa shape index (κ2) is 5.92. The maximum Gasteiger partial charge on any atom is 0.316 e. The average Bonchev–Trinajstić information content (AvgIpc) is 2.20. The molecule has 0 fully saturated rings. The molecule has 19 heavy (non-hydrogen) atoms. The standard InChI is InChI=1S/C13H15BrClNO3/c1-13(2,3)10(12(18)19)11(17)16-7-4-5-9(15)8(14)6-7/h4-6,10H,1-3H3,(H,16,17)(H,18,19). The van der Waals surface area contributed by atoms with Crippen LogP contribution in [0.5, 0.6) is 0 Å². The van der Waals surface area contributed by atoms with Crippen molar-refractivity contribution in [2.75, 3.05) is 5.32 Å². The molecule has 0 saturated heterocycles. The molecule has 0 spiro atoms. The van der Waals surface area contributed by atoms with Gasteiger partial charge in [0.15, 0.2) is 0 Å². The number of rotatable bonds is 3. The van der Waals surface area contributed by atoms with E-state index in [-0.39, 0.29) is 0 Å². The minimum atomic E-state index is -1.14. The highest BCUT2D eigenvalue weighted by molar-refractivity contribution is 9.10. The van der Waals surface area contributed by atoms with Gasteiger partial charge in [-0.25, -0.2) is 0 Å². The molecule has 1 aromatic carbocycles. The molecule has 1 aromatic rings. The molecule has 0 aliphatic rings. The van der Waals surface area contributed by atoms with Crippen LogP contribution in [0.3, 0.4) is 0 Å². The summed E-state index contributed by atoms with van der Waals surface area (Å²) >= 11 is 9.09. The molecule has 2 N–H and O–H groups in total. The zero-order valence-electron chi connectivity index (χ0n) is 10.8. The van der Waals surface area contributed by atoms with E-state index in [0.29, 0.717) is 15.2 Å². The molecular formula is C13H15BrClNO3. The van der Waals surface area contributed by atoms with E-state index >= 15 is 0 Å². The Morgan fingerprint density at radius 2 is 1.95 bits per heavy atom. The summed E-state index contributed by atoms with van der Waals surface area (Å²) in [7, 11) is 0. The van der Waals surface area contributed by atoms with Crippen LogP contribution in [0.1, 0.15) is 20.8 Å². The maximum absolute atomic E-state index is 12.1. The summed E-state index contributed by atoms with van der Waals surface area (Å²) in [6.45, 7) is 5.13. The third kappa shape index (κ3) is 4.21. The van der Waals surface area contributed by atoms with Crippen molar-refractivity contribution in [1.29, 1.82) is 0 Å². The lowest BCUT2D eigenvalue weighted by Crippen LogP contribution is -2.39. The SMILES string of the molecule is CC(C)(C)C(C(=O)O)C(=O)Nc1ccc(Cl)c(Br)c1. The third-order valence-electron chi connectivity index (χ3n) is 2.56. The monoisotopic (exact) mass is 347 g/mol. The summed E-state index contributed by atoms with van der Waals surface area (Å²) in [5.41, 5.74) is -0.170. The van der Waals surface area contributed by atoms with E-state index in [2.05, 4.69) is 21.2 Å². The van der Waals surface area contributed by atoms with E-state index < -0.39 is 23.2 Å². The Kier molecular flexibility index (Phi) is 4.98. The highest BCUT2D eigenvalue weighted by atomic mass is 79.9. The first-order chi connectivity index (χ1) is 8.62. The van der Waals surface area contributed by atoms with Crippen LogP contribution in [0.15, 0.2) is 22.7 Å². The quantitative estimate of drug-likeness (QED) is 0.817.